The predicted molar refractivity (Wildman–Crippen MR) is 114 cm³/mol. The van der Waals surface area contributed by atoms with Gasteiger partial charge in [0.25, 0.3) is 5.91 Å². The summed E-state index contributed by atoms with van der Waals surface area (Å²) in [5, 5.41) is 12.4. The highest BCUT2D eigenvalue weighted by molar-refractivity contribution is 6.01. The molecule has 1 aliphatic rings. The molecule has 152 valence electrons. The van der Waals surface area contributed by atoms with Crippen LogP contribution in [0.5, 0.6) is 0 Å². The molecule has 0 spiro atoms. The lowest BCUT2D eigenvalue weighted by molar-refractivity contribution is -0.117. The van der Waals surface area contributed by atoms with Crippen LogP contribution in [-0.4, -0.2) is 29.7 Å². The summed E-state index contributed by atoms with van der Waals surface area (Å²) in [5.41, 5.74) is 4.47. The monoisotopic (exact) mass is 391 g/mol. The fraction of sp³-hybridized carbons (Fsp3) is 0.417. The molecule has 5 heteroatoms. The molecule has 1 saturated heterocycles. The van der Waals surface area contributed by atoms with Crippen molar-refractivity contribution in [2.75, 3.05) is 13.2 Å². The first-order valence-electron chi connectivity index (χ1n) is 10.3. The van der Waals surface area contributed by atoms with Gasteiger partial charge in [-0.2, -0.15) is 5.26 Å². The van der Waals surface area contributed by atoms with E-state index in [2.05, 4.69) is 35.0 Å². The minimum Gasteiger partial charge on any atom is -0.376 e. The number of amides is 1. The van der Waals surface area contributed by atoms with Crippen LogP contribution < -0.4 is 5.32 Å². The summed E-state index contributed by atoms with van der Waals surface area (Å²) < 4.78 is 7.97. The Bertz CT molecular complexity index is 900. The van der Waals surface area contributed by atoms with Crippen LogP contribution in [0.1, 0.15) is 41.8 Å². The Kier molecular flexibility index (Phi) is 7.26. The molecule has 1 N–H and O–H groups in total. The van der Waals surface area contributed by atoms with E-state index in [4.69, 9.17) is 4.74 Å². The van der Waals surface area contributed by atoms with Crippen LogP contribution in [0.15, 0.2) is 42.0 Å². The van der Waals surface area contributed by atoms with Gasteiger partial charge >= 0.3 is 0 Å². The zero-order valence-corrected chi connectivity index (χ0v) is 17.3. The Morgan fingerprint density at radius 2 is 2.14 bits per heavy atom. The van der Waals surface area contributed by atoms with Gasteiger partial charge < -0.3 is 14.6 Å². The lowest BCUT2D eigenvalue weighted by atomic mass is 10.1. The van der Waals surface area contributed by atoms with Gasteiger partial charge in [0.05, 0.1) is 6.10 Å². The van der Waals surface area contributed by atoms with Crippen LogP contribution in [0.25, 0.3) is 6.08 Å². The average Bonchev–Trinajstić information content (AvgIpc) is 3.34. The normalized spacial score (nSPS) is 16.6. The molecule has 2 aromatic rings. The van der Waals surface area contributed by atoms with Gasteiger partial charge in [0.2, 0.25) is 0 Å². The molecule has 5 nitrogen and oxygen atoms in total. The standard InChI is InChI=1S/C24H29N3O2/c1-18-14-21(19(2)27(18)17-23-11-7-13-29-23)15-22(16-25)24(28)26-12-6-10-20-8-4-3-5-9-20/h3-5,8-9,14-15,23H,6-7,10-13,17H2,1-2H3,(H,26,28)/b22-15+. The number of rotatable bonds is 8. The topological polar surface area (TPSA) is 67.0 Å². The number of nitrogens with zero attached hydrogens (tertiary/aromatic N) is 2. The van der Waals surface area contributed by atoms with Crippen molar-refractivity contribution < 1.29 is 9.53 Å². The van der Waals surface area contributed by atoms with Crippen LogP contribution in [0.4, 0.5) is 0 Å². The minimum absolute atomic E-state index is 0.141. The summed E-state index contributed by atoms with van der Waals surface area (Å²) in [6.07, 6.45) is 5.87. The fourth-order valence-corrected chi connectivity index (χ4v) is 3.79. The van der Waals surface area contributed by atoms with Gasteiger partial charge in [0.1, 0.15) is 11.6 Å². The maximum Gasteiger partial charge on any atom is 0.261 e. The third kappa shape index (κ3) is 5.58. The van der Waals surface area contributed by atoms with Crippen molar-refractivity contribution in [3.05, 3.63) is 64.5 Å². The van der Waals surface area contributed by atoms with Gasteiger partial charge in [-0.1, -0.05) is 30.3 Å². The summed E-state index contributed by atoms with van der Waals surface area (Å²) in [7, 11) is 0. The molecule has 1 amide bonds. The summed E-state index contributed by atoms with van der Waals surface area (Å²) in [5.74, 6) is -0.315. The molecule has 0 saturated carbocycles. The van der Waals surface area contributed by atoms with E-state index in [1.165, 1.54) is 5.56 Å². The van der Waals surface area contributed by atoms with Crippen LogP contribution in [-0.2, 0) is 22.5 Å². The number of ether oxygens (including phenoxy) is 1. The third-order valence-electron chi connectivity index (χ3n) is 5.46. The zero-order chi connectivity index (χ0) is 20.6. The van der Waals surface area contributed by atoms with E-state index in [-0.39, 0.29) is 17.6 Å². The maximum atomic E-state index is 12.4. The van der Waals surface area contributed by atoms with Crippen molar-refractivity contribution in [1.82, 2.24) is 9.88 Å². The van der Waals surface area contributed by atoms with Gasteiger partial charge in [-0.3, -0.25) is 4.79 Å². The molecule has 0 bridgehead atoms. The maximum absolute atomic E-state index is 12.4. The Hall–Kier alpha value is -2.84. The van der Waals surface area contributed by atoms with Gasteiger partial charge in [-0.25, -0.2) is 0 Å². The van der Waals surface area contributed by atoms with E-state index in [9.17, 15) is 10.1 Å². The summed E-state index contributed by atoms with van der Waals surface area (Å²) in [6, 6.07) is 14.3. The van der Waals surface area contributed by atoms with Crippen molar-refractivity contribution in [2.45, 2.75) is 52.2 Å². The van der Waals surface area contributed by atoms with Crippen molar-refractivity contribution in [3.8, 4) is 6.07 Å². The smallest absolute Gasteiger partial charge is 0.261 e. The van der Waals surface area contributed by atoms with E-state index >= 15 is 0 Å². The summed E-state index contributed by atoms with van der Waals surface area (Å²) >= 11 is 0. The number of carbonyl (C=O) groups excluding carboxylic acids is 1. The largest absolute Gasteiger partial charge is 0.376 e. The summed E-state index contributed by atoms with van der Waals surface area (Å²) in [4.78, 5) is 12.4. The molecule has 1 aliphatic heterocycles. The second-order valence-corrected chi connectivity index (χ2v) is 7.59. The SMILES string of the molecule is Cc1cc(/C=C(\C#N)C(=O)NCCCc2ccccc2)c(C)n1CC1CCCO1. The zero-order valence-electron chi connectivity index (χ0n) is 17.3. The second-order valence-electron chi connectivity index (χ2n) is 7.59. The molecule has 29 heavy (non-hydrogen) atoms. The highest BCUT2D eigenvalue weighted by Crippen LogP contribution is 2.22. The van der Waals surface area contributed by atoms with Gasteiger partial charge in [-0.15, -0.1) is 0 Å². The molecule has 1 fully saturated rings. The minimum atomic E-state index is -0.315. The van der Waals surface area contributed by atoms with Gasteiger partial charge in [-0.05, 0) is 62.8 Å². The number of nitrogens with one attached hydrogen (secondary N) is 1. The lowest BCUT2D eigenvalue weighted by Gasteiger charge is -2.14. The highest BCUT2D eigenvalue weighted by atomic mass is 16.5. The van der Waals surface area contributed by atoms with Crippen molar-refractivity contribution in [1.29, 1.82) is 5.26 Å². The second kappa shape index (κ2) is 10.1. The van der Waals surface area contributed by atoms with E-state index in [1.807, 2.05) is 31.2 Å². The average molecular weight is 392 g/mol. The molecule has 1 unspecified atom stereocenters. The number of carbonyl (C=O) groups is 1. The first kappa shape index (κ1) is 20.9. The van der Waals surface area contributed by atoms with Gasteiger partial charge in [0, 0.05) is 31.1 Å². The summed E-state index contributed by atoms with van der Waals surface area (Å²) in [6.45, 7) is 6.28. The predicted octanol–water partition coefficient (Wildman–Crippen LogP) is 3.94. The molecular formula is C24H29N3O2. The van der Waals surface area contributed by atoms with E-state index in [0.717, 1.165) is 55.8 Å². The Morgan fingerprint density at radius 1 is 1.34 bits per heavy atom. The number of aryl methyl sites for hydroxylation is 2. The molecule has 0 radical (unpaired) electrons. The van der Waals surface area contributed by atoms with Crippen molar-refractivity contribution in [3.63, 3.8) is 0 Å². The number of nitriles is 1. The van der Waals surface area contributed by atoms with Crippen LogP contribution in [0.3, 0.4) is 0 Å². The highest BCUT2D eigenvalue weighted by Gasteiger charge is 2.19. The van der Waals surface area contributed by atoms with E-state index in [0.29, 0.717) is 6.54 Å². The molecule has 1 atom stereocenters. The van der Waals surface area contributed by atoms with Gasteiger partial charge in [0.15, 0.2) is 0 Å². The van der Waals surface area contributed by atoms with Crippen molar-refractivity contribution >= 4 is 12.0 Å². The number of benzene rings is 1. The first-order valence-corrected chi connectivity index (χ1v) is 10.3. The molecule has 2 heterocycles. The van der Waals surface area contributed by atoms with Crippen LogP contribution >= 0.6 is 0 Å². The fourth-order valence-electron chi connectivity index (χ4n) is 3.79. The Morgan fingerprint density at radius 3 is 2.83 bits per heavy atom. The van der Waals surface area contributed by atoms with Crippen molar-refractivity contribution in [2.24, 2.45) is 0 Å². The third-order valence-corrected chi connectivity index (χ3v) is 5.46. The van der Waals surface area contributed by atoms with Crippen LogP contribution in [0, 0.1) is 25.2 Å². The molecule has 1 aromatic carbocycles. The quantitative estimate of drug-likeness (QED) is 0.421. The molecule has 1 aromatic heterocycles. The lowest BCUT2D eigenvalue weighted by Crippen LogP contribution is -2.25. The first-order chi connectivity index (χ1) is 14.1. The number of hydrogen-bond donors (Lipinski definition) is 1. The van der Waals surface area contributed by atoms with E-state index in [1.54, 1.807) is 6.08 Å². The molecular weight excluding hydrogens is 362 g/mol. The number of hydrogen-bond acceptors (Lipinski definition) is 3. The number of aromatic nitrogens is 1. The molecule has 3 rings (SSSR count). The van der Waals surface area contributed by atoms with Crippen LogP contribution in [0.2, 0.25) is 0 Å². The Labute approximate surface area is 173 Å². The van der Waals surface area contributed by atoms with E-state index < -0.39 is 0 Å². The Balaban J connectivity index is 1.59. The molecule has 0 aliphatic carbocycles.